The fourth-order valence-electron chi connectivity index (χ4n) is 4.11. The van der Waals surface area contributed by atoms with Gasteiger partial charge in [-0.1, -0.05) is 30.3 Å². The number of benzene rings is 3. The van der Waals surface area contributed by atoms with E-state index in [2.05, 4.69) is 5.32 Å². The molecule has 0 aliphatic rings. The van der Waals surface area contributed by atoms with Crippen LogP contribution in [-0.4, -0.2) is 56.9 Å². The molecule has 0 fully saturated rings. The number of sulfonamides is 1. The average molecular weight is 570 g/mol. The summed E-state index contributed by atoms with van der Waals surface area (Å²) in [6, 6.07) is 19.2. The SMILES string of the molecule is CCOc1ccc(N(CC(=O)N(CCc2ccccc2)C(C)C(=O)NC(C)C)S(=O)(=O)c2ccc(F)cc2)cc1. The maximum absolute atomic E-state index is 13.8. The van der Waals surface area contributed by atoms with Crippen molar-refractivity contribution in [3.05, 3.63) is 90.2 Å². The summed E-state index contributed by atoms with van der Waals surface area (Å²) in [7, 11) is -4.28. The predicted molar refractivity (Wildman–Crippen MR) is 153 cm³/mol. The van der Waals surface area contributed by atoms with Crippen molar-refractivity contribution >= 4 is 27.5 Å². The number of rotatable bonds is 13. The number of hydrogen-bond acceptors (Lipinski definition) is 5. The Labute approximate surface area is 235 Å². The summed E-state index contributed by atoms with van der Waals surface area (Å²) in [6.45, 7) is 7.16. The molecular formula is C30H36FN3O5S. The van der Waals surface area contributed by atoms with E-state index in [9.17, 15) is 22.4 Å². The smallest absolute Gasteiger partial charge is 0.264 e. The number of anilines is 1. The van der Waals surface area contributed by atoms with Crippen LogP contribution in [0.4, 0.5) is 10.1 Å². The van der Waals surface area contributed by atoms with Crippen LogP contribution in [-0.2, 0) is 26.0 Å². The van der Waals surface area contributed by atoms with E-state index in [1.165, 1.54) is 4.90 Å². The first-order chi connectivity index (χ1) is 19.0. The van der Waals surface area contributed by atoms with Gasteiger partial charge in [0.1, 0.15) is 24.2 Å². The summed E-state index contributed by atoms with van der Waals surface area (Å²) in [5.41, 5.74) is 1.20. The van der Waals surface area contributed by atoms with Gasteiger partial charge in [-0.3, -0.25) is 13.9 Å². The fraction of sp³-hybridized carbons (Fsp3) is 0.333. The van der Waals surface area contributed by atoms with E-state index in [1.54, 1.807) is 31.2 Å². The maximum Gasteiger partial charge on any atom is 0.264 e. The van der Waals surface area contributed by atoms with Gasteiger partial charge in [-0.2, -0.15) is 0 Å². The van der Waals surface area contributed by atoms with E-state index >= 15 is 0 Å². The molecule has 10 heteroatoms. The summed E-state index contributed by atoms with van der Waals surface area (Å²) < 4.78 is 47.6. The van der Waals surface area contributed by atoms with Gasteiger partial charge >= 0.3 is 0 Å². The van der Waals surface area contributed by atoms with E-state index in [4.69, 9.17) is 4.74 Å². The molecule has 3 aromatic carbocycles. The quantitative estimate of drug-likeness (QED) is 0.329. The Morgan fingerprint density at radius 1 is 0.925 bits per heavy atom. The van der Waals surface area contributed by atoms with E-state index in [0.717, 1.165) is 34.1 Å². The van der Waals surface area contributed by atoms with Crippen molar-refractivity contribution in [1.82, 2.24) is 10.2 Å². The van der Waals surface area contributed by atoms with Crippen LogP contribution in [0.25, 0.3) is 0 Å². The molecule has 8 nitrogen and oxygen atoms in total. The minimum Gasteiger partial charge on any atom is -0.494 e. The molecule has 3 aromatic rings. The van der Waals surface area contributed by atoms with Crippen LogP contribution in [0, 0.1) is 5.82 Å². The first-order valence-corrected chi connectivity index (χ1v) is 14.6. The molecule has 0 spiro atoms. The van der Waals surface area contributed by atoms with Gasteiger partial charge in [0.15, 0.2) is 0 Å². The van der Waals surface area contributed by atoms with Crippen molar-refractivity contribution in [3.8, 4) is 5.75 Å². The van der Waals surface area contributed by atoms with Crippen LogP contribution in [0.1, 0.15) is 33.3 Å². The Hall–Kier alpha value is -3.92. The topological polar surface area (TPSA) is 96.0 Å². The molecule has 0 saturated carbocycles. The lowest BCUT2D eigenvalue weighted by atomic mass is 10.1. The van der Waals surface area contributed by atoms with Crippen molar-refractivity contribution < 1.29 is 27.1 Å². The predicted octanol–water partition coefficient (Wildman–Crippen LogP) is 4.40. The Morgan fingerprint density at radius 3 is 2.12 bits per heavy atom. The molecular weight excluding hydrogens is 533 g/mol. The number of carbonyl (C=O) groups excluding carboxylic acids is 2. The van der Waals surface area contributed by atoms with Crippen LogP contribution in [0.3, 0.4) is 0 Å². The molecule has 0 aromatic heterocycles. The molecule has 1 N–H and O–H groups in total. The van der Waals surface area contributed by atoms with Crippen molar-refractivity contribution in [2.24, 2.45) is 0 Å². The zero-order chi connectivity index (χ0) is 29.3. The second kappa shape index (κ2) is 13.9. The highest BCUT2D eigenvalue weighted by Crippen LogP contribution is 2.26. The molecule has 2 amide bonds. The van der Waals surface area contributed by atoms with Crippen LogP contribution in [0.5, 0.6) is 5.75 Å². The second-order valence-electron chi connectivity index (χ2n) is 9.55. The van der Waals surface area contributed by atoms with Gasteiger partial charge in [-0.05, 0) is 88.2 Å². The number of hydrogen-bond donors (Lipinski definition) is 1. The zero-order valence-corrected chi connectivity index (χ0v) is 24.0. The van der Waals surface area contributed by atoms with Gasteiger partial charge in [0.25, 0.3) is 10.0 Å². The van der Waals surface area contributed by atoms with Gasteiger partial charge in [0.2, 0.25) is 11.8 Å². The fourth-order valence-corrected chi connectivity index (χ4v) is 5.53. The molecule has 0 heterocycles. The third-order valence-electron chi connectivity index (χ3n) is 6.20. The lowest BCUT2D eigenvalue weighted by molar-refractivity contribution is -0.139. The number of halogens is 1. The summed E-state index contributed by atoms with van der Waals surface area (Å²) >= 11 is 0. The van der Waals surface area contributed by atoms with Crippen molar-refractivity contribution in [2.75, 3.05) is 24.0 Å². The number of amides is 2. The molecule has 0 radical (unpaired) electrons. The number of ether oxygens (including phenoxy) is 1. The first-order valence-electron chi connectivity index (χ1n) is 13.2. The maximum atomic E-state index is 13.8. The molecule has 0 aliphatic heterocycles. The molecule has 214 valence electrons. The van der Waals surface area contributed by atoms with Gasteiger partial charge in [0, 0.05) is 12.6 Å². The number of carbonyl (C=O) groups is 2. The first kappa shape index (κ1) is 30.6. The summed E-state index contributed by atoms with van der Waals surface area (Å²) in [5, 5.41) is 2.83. The van der Waals surface area contributed by atoms with Gasteiger partial charge in [0.05, 0.1) is 17.2 Å². The third-order valence-corrected chi connectivity index (χ3v) is 7.99. The highest BCUT2D eigenvalue weighted by atomic mass is 32.2. The van der Waals surface area contributed by atoms with E-state index < -0.39 is 34.3 Å². The highest BCUT2D eigenvalue weighted by molar-refractivity contribution is 7.92. The summed E-state index contributed by atoms with van der Waals surface area (Å²) in [6.07, 6.45) is 0.472. The Bertz CT molecular complexity index is 1360. The van der Waals surface area contributed by atoms with E-state index in [0.29, 0.717) is 18.8 Å². The number of nitrogens with one attached hydrogen (secondary N) is 1. The van der Waals surface area contributed by atoms with E-state index in [1.807, 2.05) is 51.1 Å². The summed E-state index contributed by atoms with van der Waals surface area (Å²) in [5.74, 6) is -0.938. The van der Waals surface area contributed by atoms with Gasteiger partial charge in [-0.25, -0.2) is 12.8 Å². The van der Waals surface area contributed by atoms with E-state index in [-0.39, 0.29) is 29.1 Å². The van der Waals surface area contributed by atoms with Crippen LogP contribution >= 0.6 is 0 Å². The zero-order valence-electron chi connectivity index (χ0n) is 23.2. The number of nitrogens with zero attached hydrogens (tertiary/aromatic N) is 2. The van der Waals surface area contributed by atoms with Crippen molar-refractivity contribution in [1.29, 1.82) is 0 Å². The van der Waals surface area contributed by atoms with Crippen molar-refractivity contribution in [3.63, 3.8) is 0 Å². The molecule has 3 rings (SSSR count). The second-order valence-corrected chi connectivity index (χ2v) is 11.4. The molecule has 40 heavy (non-hydrogen) atoms. The largest absolute Gasteiger partial charge is 0.494 e. The molecule has 1 atom stereocenters. The molecule has 0 bridgehead atoms. The molecule has 0 aliphatic carbocycles. The summed E-state index contributed by atoms with van der Waals surface area (Å²) in [4.78, 5) is 28.0. The normalized spacial score (nSPS) is 12.1. The van der Waals surface area contributed by atoms with Crippen LogP contribution in [0.15, 0.2) is 83.8 Å². The lowest BCUT2D eigenvalue weighted by Gasteiger charge is -2.32. The molecule has 1 unspecified atom stereocenters. The van der Waals surface area contributed by atoms with Crippen LogP contribution < -0.4 is 14.4 Å². The monoisotopic (exact) mass is 569 g/mol. The van der Waals surface area contributed by atoms with Crippen molar-refractivity contribution in [2.45, 2.75) is 51.1 Å². The molecule has 0 saturated heterocycles. The minimum atomic E-state index is -4.28. The van der Waals surface area contributed by atoms with Gasteiger partial charge < -0.3 is 15.0 Å². The standard InChI is InChI=1S/C30H36FN3O5S/c1-5-39-27-15-13-26(14-16-27)34(40(37,38)28-17-11-25(31)12-18-28)21-29(35)33(23(4)30(36)32-22(2)3)20-19-24-9-7-6-8-10-24/h6-18,22-23H,5,19-21H2,1-4H3,(H,32,36). The average Bonchev–Trinajstić information content (AvgIpc) is 2.93. The Kier molecular flexibility index (Phi) is 10.7. The minimum absolute atomic E-state index is 0.139. The van der Waals surface area contributed by atoms with Crippen LogP contribution in [0.2, 0.25) is 0 Å². The highest BCUT2D eigenvalue weighted by Gasteiger charge is 2.32. The lowest BCUT2D eigenvalue weighted by Crippen LogP contribution is -2.53. The van der Waals surface area contributed by atoms with Gasteiger partial charge in [-0.15, -0.1) is 0 Å². The Morgan fingerprint density at radius 2 is 1.55 bits per heavy atom. The Balaban J connectivity index is 1.98. The third kappa shape index (κ3) is 8.05.